The monoisotopic (exact) mass is 312 g/mol. The quantitative estimate of drug-likeness (QED) is 0.676. The average Bonchev–Trinajstić information content (AvgIpc) is 2.82. The lowest BCUT2D eigenvalue weighted by molar-refractivity contribution is 0.0953. The zero-order chi connectivity index (χ0) is 17.2. The van der Waals surface area contributed by atoms with Crippen LogP contribution >= 0.6 is 0 Å². The van der Waals surface area contributed by atoms with Gasteiger partial charge in [-0.25, -0.2) is 5.43 Å². The van der Waals surface area contributed by atoms with Gasteiger partial charge in [0.05, 0.1) is 11.3 Å². The fraction of sp³-hybridized carbons (Fsp3) is 0.368. The summed E-state index contributed by atoms with van der Waals surface area (Å²) in [6, 6.07) is 9.96. The highest BCUT2D eigenvalue weighted by atomic mass is 16.3. The van der Waals surface area contributed by atoms with E-state index in [4.69, 9.17) is 4.42 Å². The molecule has 0 saturated carbocycles. The van der Waals surface area contributed by atoms with Crippen LogP contribution in [0.25, 0.3) is 0 Å². The molecule has 4 nitrogen and oxygen atoms in total. The van der Waals surface area contributed by atoms with Gasteiger partial charge < -0.3 is 4.42 Å². The van der Waals surface area contributed by atoms with E-state index in [-0.39, 0.29) is 11.3 Å². The van der Waals surface area contributed by atoms with Crippen molar-refractivity contribution in [1.82, 2.24) is 5.43 Å². The van der Waals surface area contributed by atoms with Crippen molar-refractivity contribution in [3.63, 3.8) is 0 Å². The number of hydrogen-bond donors (Lipinski definition) is 1. The molecule has 2 aromatic rings. The number of rotatable bonds is 3. The highest BCUT2D eigenvalue weighted by Crippen LogP contribution is 2.22. The van der Waals surface area contributed by atoms with Gasteiger partial charge in [0.1, 0.15) is 11.5 Å². The van der Waals surface area contributed by atoms with Crippen LogP contribution in [0.15, 0.2) is 39.9 Å². The minimum absolute atomic E-state index is 0.120. The van der Waals surface area contributed by atoms with E-state index in [1.807, 2.05) is 26.0 Å². The molecule has 0 spiro atoms. The van der Waals surface area contributed by atoms with Gasteiger partial charge in [-0.1, -0.05) is 45.0 Å². The molecule has 1 heterocycles. The van der Waals surface area contributed by atoms with Crippen LogP contribution in [0.3, 0.4) is 0 Å². The summed E-state index contributed by atoms with van der Waals surface area (Å²) in [7, 11) is 0. The van der Waals surface area contributed by atoms with Crippen LogP contribution in [0, 0.1) is 13.8 Å². The maximum Gasteiger partial charge on any atom is 0.274 e. The highest BCUT2D eigenvalue weighted by molar-refractivity contribution is 6.01. The highest BCUT2D eigenvalue weighted by Gasteiger charge is 2.14. The Bertz CT molecular complexity index is 732. The molecule has 0 aliphatic heterocycles. The first-order valence-electron chi connectivity index (χ1n) is 7.71. The Kier molecular flexibility index (Phi) is 4.73. The summed E-state index contributed by atoms with van der Waals surface area (Å²) in [4.78, 5) is 12.1. The maximum atomic E-state index is 12.1. The number of benzene rings is 1. The molecular formula is C19H24N2O2. The molecule has 0 aliphatic rings. The van der Waals surface area contributed by atoms with Crippen LogP contribution in [0.5, 0.6) is 0 Å². The number of carbonyl (C=O) groups excluding carboxylic acids is 1. The number of aryl methyl sites for hydroxylation is 2. The van der Waals surface area contributed by atoms with Crippen LogP contribution in [-0.4, -0.2) is 11.6 Å². The van der Waals surface area contributed by atoms with Gasteiger partial charge in [-0.15, -0.1) is 0 Å². The molecule has 4 heteroatoms. The number of nitrogens with zero attached hydrogens (tertiary/aromatic N) is 1. The minimum atomic E-state index is -0.259. The Labute approximate surface area is 137 Å². The number of amides is 1. The van der Waals surface area contributed by atoms with Gasteiger partial charge in [0.2, 0.25) is 0 Å². The van der Waals surface area contributed by atoms with E-state index >= 15 is 0 Å². The molecule has 0 saturated heterocycles. The van der Waals surface area contributed by atoms with Gasteiger partial charge in [0, 0.05) is 0 Å². The van der Waals surface area contributed by atoms with Crippen molar-refractivity contribution >= 4 is 11.6 Å². The second-order valence-electron chi connectivity index (χ2n) is 6.79. The Morgan fingerprint density at radius 1 is 1.13 bits per heavy atom. The van der Waals surface area contributed by atoms with E-state index < -0.39 is 0 Å². The fourth-order valence-electron chi connectivity index (χ4n) is 2.33. The lowest BCUT2D eigenvalue weighted by Crippen LogP contribution is -2.19. The number of carbonyl (C=O) groups is 1. The summed E-state index contributed by atoms with van der Waals surface area (Å²) >= 11 is 0. The number of hydrazone groups is 1. The fourth-order valence-corrected chi connectivity index (χ4v) is 2.33. The van der Waals surface area contributed by atoms with Crippen LogP contribution in [0.1, 0.15) is 60.7 Å². The van der Waals surface area contributed by atoms with Gasteiger partial charge in [-0.3, -0.25) is 4.79 Å². The molecule has 1 amide bonds. The zero-order valence-corrected chi connectivity index (χ0v) is 14.7. The molecule has 0 aliphatic carbocycles. The number of hydrogen-bond acceptors (Lipinski definition) is 3. The molecule has 1 aromatic heterocycles. The molecular weight excluding hydrogens is 288 g/mol. The van der Waals surface area contributed by atoms with Gasteiger partial charge in [-0.05, 0) is 43.4 Å². The Morgan fingerprint density at radius 2 is 1.74 bits per heavy atom. The summed E-state index contributed by atoms with van der Waals surface area (Å²) in [6.45, 7) is 12.0. The number of nitrogens with one attached hydrogen (secondary N) is 1. The normalized spacial score (nSPS) is 12.3. The predicted octanol–water partition coefficient (Wildman–Crippen LogP) is 4.35. The second-order valence-corrected chi connectivity index (χ2v) is 6.79. The van der Waals surface area contributed by atoms with Crippen molar-refractivity contribution < 1.29 is 9.21 Å². The van der Waals surface area contributed by atoms with Gasteiger partial charge >= 0.3 is 0 Å². The van der Waals surface area contributed by atoms with Gasteiger partial charge in [0.15, 0.2) is 0 Å². The molecule has 0 unspecified atom stereocenters. The standard InChI is InChI=1S/C19H24N2O2/c1-12-11-17(14(3)23-12)18(22)21-20-13(2)15-7-9-16(10-8-15)19(4,5)6/h7-11H,1-6H3,(H,21,22)/b20-13-. The van der Waals surface area contributed by atoms with Crippen molar-refractivity contribution in [3.05, 3.63) is 58.5 Å². The Balaban J connectivity index is 2.11. The molecule has 2 rings (SSSR count). The largest absolute Gasteiger partial charge is 0.466 e. The average molecular weight is 312 g/mol. The first-order valence-corrected chi connectivity index (χ1v) is 7.71. The Hall–Kier alpha value is -2.36. The van der Waals surface area contributed by atoms with E-state index in [0.717, 1.165) is 11.3 Å². The van der Waals surface area contributed by atoms with Crippen molar-refractivity contribution in [2.45, 2.75) is 47.0 Å². The summed E-state index contributed by atoms with van der Waals surface area (Å²) in [5.74, 6) is 1.05. The first-order chi connectivity index (χ1) is 10.7. The predicted molar refractivity (Wildman–Crippen MR) is 93.0 cm³/mol. The second kappa shape index (κ2) is 6.41. The van der Waals surface area contributed by atoms with E-state index in [9.17, 15) is 4.79 Å². The molecule has 1 N–H and O–H groups in total. The molecule has 0 bridgehead atoms. The van der Waals surface area contributed by atoms with Crippen LogP contribution < -0.4 is 5.43 Å². The van der Waals surface area contributed by atoms with Crippen molar-refractivity contribution in [1.29, 1.82) is 0 Å². The van der Waals surface area contributed by atoms with Crippen LogP contribution in [0.4, 0.5) is 0 Å². The summed E-state index contributed by atoms with van der Waals surface area (Å²) in [5.41, 5.74) is 6.23. The van der Waals surface area contributed by atoms with Crippen molar-refractivity contribution in [2.24, 2.45) is 5.10 Å². The Morgan fingerprint density at radius 3 is 2.22 bits per heavy atom. The van der Waals surface area contributed by atoms with E-state index in [2.05, 4.69) is 43.4 Å². The third-order valence-corrected chi connectivity index (χ3v) is 3.78. The lowest BCUT2D eigenvalue weighted by Gasteiger charge is -2.19. The van der Waals surface area contributed by atoms with E-state index in [0.29, 0.717) is 17.1 Å². The van der Waals surface area contributed by atoms with Gasteiger partial charge in [-0.2, -0.15) is 5.10 Å². The third kappa shape index (κ3) is 4.09. The van der Waals surface area contributed by atoms with E-state index in [1.54, 1.807) is 13.0 Å². The number of furan rings is 1. The summed E-state index contributed by atoms with van der Waals surface area (Å²) < 4.78 is 5.36. The topological polar surface area (TPSA) is 54.6 Å². The smallest absolute Gasteiger partial charge is 0.274 e. The van der Waals surface area contributed by atoms with Crippen LogP contribution in [-0.2, 0) is 5.41 Å². The summed E-state index contributed by atoms with van der Waals surface area (Å²) in [5, 5.41) is 4.19. The molecule has 0 radical (unpaired) electrons. The van der Waals surface area contributed by atoms with Gasteiger partial charge in [0.25, 0.3) is 5.91 Å². The molecule has 23 heavy (non-hydrogen) atoms. The van der Waals surface area contributed by atoms with Crippen LogP contribution in [0.2, 0.25) is 0 Å². The molecule has 0 fully saturated rings. The van der Waals surface area contributed by atoms with Crippen molar-refractivity contribution in [2.75, 3.05) is 0 Å². The summed E-state index contributed by atoms with van der Waals surface area (Å²) in [6.07, 6.45) is 0. The first kappa shape index (κ1) is 17.0. The molecule has 122 valence electrons. The zero-order valence-electron chi connectivity index (χ0n) is 14.7. The third-order valence-electron chi connectivity index (χ3n) is 3.78. The molecule has 1 aromatic carbocycles. The minimum Gasteiger partial charge on any atom is -0.466 e. The van der Waals surface area contributed by atoms with E-state index in [1.165, 1.54) is 5.56 Å². The molecule has 0 atom stereocenters. The van der Waals surface area contributed by atoms with Crippen molar-refractivity contribution in [3.8, 4) is 0 Å². The SMILES string of the molecule is C/C(=N/NC(=O)c1cc(C)oc1C)c1ccc(C(C)(C)C)cc1. The lowest BCUT2D eigenvalue weighted by atomic mass is 9.86. The maximum absolute atomic E-state index is 12.1.